The molecular formula is C19H23NO7. The number of nitrogens with zero attached hydrogens (tertiary/aromatic N) is 1. The van der Waals surface area contributed by atoms with Crippen molar-refractivity contribution >= 4 is 18.0 Å². The van der Waals surface area contributed by atoms with Gasteiger partial charge in [0.05, 0.1) is 20.3 Å². The summed E-state index contributed by atoms with van der Waals surface area (Å²) < 4.78 is 15.3. The van der Waals surface area contributed by atoms with Crippen LogP contribution >= 0.6 is 0 Å². The third-order valence-corrected chi connectivity index (χ3v) is 3.68. The molecule has 2 rings (SSSR count). The average molecular weight is 377 g/mol. The second-order valence-corrected chi connectivity index (χ2v) is 6.92. The fourth-order valence-corrected chi connectivity index (χ4v) is 2.49. The van der Waals surface area contributed by atoms with Crippen LogP contribution in [0.25, 0.3) is 0 Å². The third-order valence-electron chi connectivity index (χ3n) is 3.68. The maximum atomic E-state index is 12.5. The minimum Gasteiger partial charge on any atom is -0.509 e. The molecule has 1 N–H and O–H groups in total. The van der Waals surface area contributed by atoms with Crippen molar-refractivity contribution in [2.45, 2.75) is 39.0 Å². The van der Waals surface area contributed by atoms with Crippen molar-refractivity contribution in [2.24, 2.45) is 0 Å². The highest BCUT2D eigenvalue weighted by molar-refractivity contribution is 6.22. The van der Waals surface area contributed by atoms with Gasteiger partial charge >= 0.3 is 12.1 Å². The number of aliphatic hydroxyl groups excluding tert-OH is 1. The minimum atomic E-state index is -1.18. The Hall–Kier alpha value is -2.87. The molecule has 0 bridgehead atoms. The minimum absolute atomic E-state index is 0.202. The maximum absolute atomic E-state index is 12.5. The molecule has 2 amide bonds. The van der Waals surface area contributed by atoms with E-state index in [4.69, 9.17) is 9.47 Å². The van der Waals surface area contributed by atoms with Crippen LogP contribution < -0.4 is 0 Å². The van der Waals surface area contributed by atoms with Crippen LogP contribution in [0.1, 0.15) is 26.3 Å². The number of amides is 2. The van der Waals surface area contributed by atoms with E-state index in [1.807, 2.05) is 30.3 Å². The van der Waals surface area contributed by atoms with Crippen molar-refractivity contribution in [3.63, 3.8) is 0 Å². The topological polar surface area (TPSA) is 102 Å². The molecular weight excluding hydrogens is 354 g/mol. The molecule has 0 fully saturated rings. The van der Waals surface area contributed by atoms with Crippen molar-refractivity contribution in [1.82, 2.24) is 4.90 Å². The van der Waals surface area contributed by atoms with Gasteiger partial charge in [0, 0.05) is 0 Å². The van der Waals surface area contributed by atoms with E-state index in [2.05, 4.69) is 4.74 Å². The number of rotatable bonds is 5. The van der Waals surface area contributed by atoms with Crippen LogP contribution in [0.4, 0.5) is 4.79 Å². The Morgan fingerprint density at radius 2 is 1.81 bits per heavy atom. The van der Waals surface area contributed by atoms with Crippen molar-refractivity contribution in [2.75, 3.05) is 13.7 Å². The summed E-state index contributed by atoms with van der Waals surface area (Å²) in [5.41, 5.74) is -0.588. The van der Waals surface area contributed by atoms with Crippen molar-refractivity contribution in [3.05, 3.63) is 47.2 Å². The second-order valence-electron chi connectivity index (χ2n) is 6.92. The Balaban J connectivity index is 2.21. The van der Waals surface area contributed by atoms with Crippen LogP contribution in [0, 0.1) is 0 Å². The van der Waals surface area contributed by atoms with Gasteiger partial charge in [-0.2, -0.15) is 0 Å². The molecule has 0 radical (unpaired) electrons. The molecule has 0 spiro atoms. The summed E-state index contributed by atoms with van der Waals surface area (Å²) in [6.07, 6.45) is -0.980. The molecule has 1 heterocycles. The number of imide groups is 1. The zero-order valence-corrected chi connectivity index (χ0v) is 15.7. The fourth-order valence-electron chi connectivity index (χ4n) is 2.49. The summed E-state index contributed by atoms with van der Waals surface area (Å²) in [6.45, 7) is 4.92. The molecule has 0 aromatic heterocycles. The lowest BCUT2D eigenvalue weighted by Gasteiger charge is -2.27. The van der Waals surface area contributed by atoms with Crippen molar-refractivity contribution in [3.8, 4) is 0 Å². The number of aliphatic hydroxyl groups is 1. The predicted molar refractivity (Wildman–Crippen MR) is 94.6 cm³/mol. The van der Waals surface area contributed by atoms with Gasteiger partial charge in [0.2, 0.25) is 0 Å². The molecule has 1 atom stereocenters. The first-order chi connectivity index (χ1) is 12.7. The Bertz CT molecular complexity index is 749. The zero-order valence-electron chi connectivity index (χ0n) is 15.7. The molecule has 0 saturated heterocycles. The number of esters is 1. The monoisotopic (exact) mass is 377 g/mol. The highest BCUT2D eigenvalue weighted by Gasteiger charge is 2.48. The lowest BCUT2D eigenvalue weighted by molar-refractivity contribution is -0.139. The zero-order chi connectivity index (χ0) is 20.2. The highest BCUT2D eigenvalue weighted by Crippen LogP contribution is 2.28. The van der Waals surface area contributed by atoms with Crippen molar-refractivity contribution in [1.29, 1.82) is 0 Å². The van der Waals surface area contributed by atoms with Crippen LogP contribution in [0.3, 0.4) is 0 Å². The largest absolute Gasteiger partial charge is 0.509 e. The van der Waals surface area contributed by atoms with E-state index in [0.717, 1.165) is 12.7 Å². The number of hydrogen-bond donors (Lipinski definition) is 1. The number of hydrogen-bond acceptors (Lipinski definition) is 7. The van der Waals surface area contributed by atoms with E-state index in [-0.39, 0.29) is 13.2 Å². The van der Waals surface area contributed by atoms with E-state index in [1.54, 1.807) is 20.8 Å². The number of ether oxygens (including phenoxy) is 3. The molecule has 0 aliphatic carbocycles. The third kappa shape index (κ3) is 4.85. The molecule has 1 aliphatic heterocycles. The summed E-state index contributed by atoms with van der Waals surface area (Å²) >= 11 is 0. The highest BCUT2D eigenvalue weighted by atomic mass is 16.6. The number of benzene rings is 1. The van der Waals surface area contributed by atoms with Crippen molar-refractivity contribution < 1.29 is 33.7 Å². The normalized spacial score (nSPS) is 17.3. The van der Waals surface area contributed by atoms with E-state index >= 15 is 0 Å². The van der Waals surface area contributed by atoms with Crippen LogP contribution in [-0.4, -0.2) is 53.3 Å². The lowest BCUT2D eigenvalue weighted by atomic mass is 10.2. The Kier molecular flexibility index (Phi) is 6.22. The first kappa shape index (κ1) is 20.4. The standard InChI is InChI=1S/C19H23NO7/c1-19(2,3)27-18(24)20-13(11-26-10-12-8-6-5-7-9-12)15(21)14(16(20)22)17(23)25-4/h5-9,13,21H,10-11H2,1-4H3/t13-/m0/s1. The summed E-state index contributed by atoms with van der Waals surface area (Å²) in [5, 5.41) is 10.4. The molecule has 8 nitrogen and oxygen atoms in total. The van der Waals surface area contributed by atoms with Crippen LogP contribution in [0.5, 0.6) is 0 Å². The van der Waals surface area contributed by atoms with Gasteiger partial charge in [0.15, 0.2) is 5.57 Å². The molecule has 146 valence electrons. The van der Waals surface area contributed by atoms with Gasteiger partial charge in [-0.15, -0.1) is 0 Å². The van der Waals surface area contributed by atoms with Gasteiger partial charge in [-0.05, 0) is 26.3 Å². The molecule has 0 unspecified atom stereocenters. The van der Waals surface area contributed by atoms with E-state index in [9.17, 15) is 19.5 Å². The van der Waals surface area contributed by atoms with Gasteiger partial charge in [-0.3, -0.25) is 4.79 Å². The van der Waals surface area contributed by atoms with Gasteiger partial charge in [0.1, 0.15) is 17.4 Å². The lowest BCUT2D eigenvalue weighted by Crippen LogP contribution is -2.46. The first-order valence-electron chi connectivity index (χ1n) is 8.35. The summed E-state index contributed by atoms with van der Waals surface area (Å²) in [5.74, 6) is -2.59. The van der Waals surface area contributed by atoms with Gasteiger partial charge in [-0.25, -0.2) is 14.5 Å². The van der Waals surface area contributed by atoms with Crippen LogP contribution in [-0.2, 0) is 30.4 Å². The first-order valence-corrected chi connectivity index (χ1v) is 8.35. The summed E-state index contributed by atoms with van der Waals surface area (Å²) in [6, 6.07) is 8.07. The smallest absolute Gasteiger partial charge is 0.418 e. The number of carbonyl (C=O) groups is 3. The fraction of sp³-hybridized carbons (Fsp3) is 0.421. The Labute approximate surface area is 157 Å². The molecule has 0 saturated carbocycles. The molecule has 1 aliphatic rings. The van der Waals surface area contributed by atoms with E-state index in [0.29, 0.717) is 4.90 Å². The number of carbonyl (C=O) groups excluding carboxylic acids is 3. The quantitative estimate of drug-likeness (QED) is 0.620. The van der Waals surface area contributed by atoms with Crippen LogP contribution in [0.15, 0.2) is 41.7 Å². The van der Waals surface area contributed by atoms with Crippen LogP contribution in [0.2, 0.25) is 0 Å². The Morgan fingerprint density at radius 1 is 1.19 bits per heavy atom. The molecule has 27 heavy (non-hydrogen) atoms. The van der Waals surface area contributed by atoms with Gasteiger partial charge in [0.25, 0.3) is 5.91 Å². The Morgan fingerprint density at radius 3 is 2.37 bits per heavy atom. The maximum Gasteiger partial charge on any atom is 0.418 e. The molecule has 8 heteroatoms. The number of methoxy groups -OCH3 is 1. The van der Waals surface area contributed by atoms with Gasteiger partial charge < -0.3 is 19.3 Å². The second kappa shape index (κ2) is 8.22. The summed E-state index contributed by atoms with van der Waals surface area (Å²) in [4.78, 5) is 37.5. The average Bonchev–Trinajstić information content (AvgIpc) is 2.84. The van der Waals surface area contributed by atoms with E-state index < -0.39 is 40.9 Å². The SMILES string of the molecule is COC(=O)C1=C(O)[C@H](COCc2ccccc2)N(C(=O)OC(C)(C)C)C1=O. The summed E-state index contributed by atoms with van der Waals surface area (Å²) in [7, 11) is 1.08. The van der Waals surface area contributed by atoms with E-state index in [1.165, 1.54) is 0 Å². The molecule has 1 aromatic rings. The molecule has 1 aromatic carbocycles. The predicted octanol–water partition coefficient (Wildman–Crippen LogP) is 2.33. The van der Waals surface area contributed by atoms with Gasteiger partial charge in [-0.1, -0.05) is 30.3 Å².